The molecule has 1 N–H and O–H groups in total. The first-order valence-electron chi connectivity index (χ1n) is 4.87. The molecule has 0 aromatic heterocycles. The van der Waals surface area contributed by atoms with E-state index in [0.29, 0.717) is 6.54 Å². The lowest BCUT2D eigenvalue weighted by Crippen LogP contribution is -2.22. The van der Waals surface area contributed by atoms with Gasteiger partial charge in [0.25, 0.3) is 5.69 Å². The van der Waals surface area contributed by atoms with Gasteiger partial charge in [-0.15, -0.1) is 0 Å². The maximum absolute atomic E-state index is 13.3. The number of likely N-dealkylation sites (N-methyl/N-ethyl adjacent to an activating group) is 1. The van der Waals surface area contributed by atoms with Crippen molar-refractivity contribution >= 4 is 21.6 Å². The summed E-state index contributed by atoms with van der Waals surface area (Å²) >= 11 is 2.91. The summed E-state index contributed by atoms with van der Waals surface area (Å²) in [7, 11) is 1.69. The molecular weight excluding hydrogens is 295 g/mol. The summed E-state index contributed by atoms with van der Waals surface area (Å²) in [5.41, 5.74) is 0.148. The van der Waals surface area contributed by atoms with Gasteiger partial charge in [-0.25, -0.2) is 4.39 Å². The van der Waals surface area contributed by atoms with E-state index in [1.807, 2.05) is 0 Å². The van der Waals surface area contributed by atoms with E-state index < -0.39 is 10.7 Å². The fourth-order valence-corrected chi connectivity index (χ4v) is 1.75. The number of aliphatic hydroxyl groups excluding tert-OH is 1. The van der Waals surface area contributed by atoms with Gasteiger partial charge in [0.15, 0.2) is 0 Å². The van der Waals surface area contributed by atoms with Gasteiger partial charge >= 0.3 is 0 Å². The number of rotatable bonds is 5. The topological polar surface area (TPSA) is 66.6 Å². The number of nitro groups is 1. The van der Waals surface area contributed by atoms with E-state index in [4.69, 9.17) is 5.11 Å². The van der Waals surface area contributed by atoms with Crippen molar-refractivity contribution in [3.05, 3.63) is 38.1 Å². The number of benzene rings is 1. The van der Waals surface area contributed by atoms with Crippen LogP contribution < -0.4 is 0 Å². The maximum atomic E-state index is 13.3. The first kappa shape index (κ1) is 14.0. The molecule has 17 heavy (non-hydrogen) atoms. The first-order chi connectivity index (χ1) is 7.95. The van der Waals surface area contributed by atoms with Crippen molar-refractivity contribution in [3.63, 3.8) is 0 Å². The minimum Gasteiger partial charge on any atom is -0.395 e. The Labute approximate surface area is 106 Å². The summed E-state index contributed by atoms with van der Waals surface area (Å²) in [6, 6.07) is 2.29. The summed E-state index contributed by atoms with van der Waals surface area (Å²) in [6.45, 7) is 0.527. The average molecular weight is 307 g/mol. The molecule has 0 amide bonds. The van der Waals surface area contributed by atoms with Gasteiger partial charge in [-0.2, -0.15) is 0 Å². The number of nitrogens with zero attached hydrogens (tertiary/aromatic N) is 2. The largest absolute Gasteiger partial charge is 0.395 e. The maximum Gasteiger partial charge on any atom is 0.275 e. The zero-order valence-corrected chi connectivity index (χ0v) is 10.8. The van der Waals surface area contributed by atoms with Crippen LogP contribution in [-0.4, -0.2) is 35.1 Å². The van der Waals surface area contributed by atoms with Crippen molar-refractivity contribution in [1.29, 1.82) is 0 Å². The highest BCUT2D eigenvalue weighted by Crippen LogP contribution is 2.27. The summed E-state index contributed by atoms with van der Waals surface area (Å²) < 4.78 is 13.4. The normalized spacial score (nSPS) is 10.9. The third-order valence-electron chi connectivity index (χ3n) is 2.24. The molecule has 0 aliphatic rings. The van der Waals surface area contributed by atoms with Crippen molar-refractivity contribution in [3.8, 4) is 0 Å². The molecular formula is C10H12BrFN2O3. The van der Waals surface area contributed by atoms with Crippen molar-refractivity contribution in [2.75, 3.05) is 20.2 Å². The minimum absolute atomic E-state index is 0.0523. The molecule has 7 heteroatoms. The lowest BCUT2D eigenvalue weighted by molar-refractivity contribution is -0.385. The smallest absolute Gasteiger partial charge is 0.275 e. The number of nitro benzene ring substituents is 1. The van der Waals surface area contributed by atoms with E-state index in [1.165, 1.54) is 0 Å². The molecule has 0 spiro atoms. The number of hydrogen-bond acceptors (Lipinski definition) is 4. The van der Waals surface area contributed by atoms with E-state index in [2.05, 4.69) is 15.9 Å². The molecule has 0 aliphatic heterocycles. The number of halogens is 2. The molecule has 0 saturated carbocycles. The van der Waals surface area contributed by atoms with Crippen molar-refractivity contribution < 1.29 is 14.4 Å². The quantitative estimate of drug-likeness (QED) is 0.666. The molecule has 1 aromatic rings. The van der Waals surface area contributed by atoms with Crippen LogP contribution in [0, 0.1) is 15.9 Å². The molecule has 0 unspecified atom stereocenters. The van der Waals surface area contributed by atoms with Crippen molar-refractivity contribution in [2.45, 2.75) is 6.54 Å². The van der Waals surface area contributed by atoms with E-state index in [1.54, 1.807) is 11.9 Å². The van der Waals surface area contributed by atoms with E-state index in [0.717, 1.165) is 12.1 Å². The van der Waals surface area contributed by atoms with Crippen LogP contribution in [0.15, 0.2) is 16.6 Å². The second kappa shape index (κ2) is 6.04. The Hall–Kier alpha value is -1.05. The summed E-state index contributed by atoms with van der Waals surface area (Å²) in [4.78, 5) is 11.9. The molecule has 0 atom stereocenters. The molecule has 0 aliphatic carbocycles. The third-order valence-corrected chi connectivity index (χ3v) is 2.85. The molecule has 5 nitrogen and oxygen atoms in total. The Morgan fingerprint density at radius 1 is 1.59 bits per heavy atom. The van der Waals surface area contributed by atoms with Gasteiger partial charge in [0.05, 0.1) is 16.0 Å². The monoisotopic (exact) mass is 306 g/mol. The highest BCUT2D eigenvalue weighted by Gasteiger charge is 2.18. The van der Waals surface area contributed by atoms with Crippen LogP contribution in [-0.2, 0) is 6.54 Å². The van der Waals surface area contributed by atoms with Crippen LogP contribution in [0.3, 0.4) is 0 Å². The van der Waals surface area contributed by atoms with Gasteiger partial charge in [-0.05, 0) is 29.0 Å². The highest BCUT2D eigenvalue weighted by atomic mass is 79.9. The minimum atomic E-state index is -0.549. The number of aliphatic hydroxyl groups is 1. The molecule has 0 saturated heterocycles. The van der Waals surface area contributed by atoms with E-state index >= 15 is 0 Å². The fraction of sp³-hybridized carbons (Fsp3) is 0.400. The van der Waals surface area contributed by atoms with Crippen LogP contribution in [0.5, 0.6) is 0 Å². The number of hydrogen-bond donors (Lipinski definition) is 1. The Kier molecular flexibility index (Phi) is 4.98. The zero-order chi connectivity index (χ0) is 13.0. The van der Waals surface area contributed by atoms with Crippen LogP contribution in [0.25, 0.3) is 0 Å². The second-order valence-electron chi connectivity index (χ2n) is 3.61. The Morgan fingerprint density at radius 2 is 2.24 bits per heavy atom. The summed E-state index contributed by atoms with van der Waals surface area (Å²) in [5.74, 6) is -0.539. The van der Waals surface area contributed by atoms with Crippen LogP contribution >= 0.6 is 15.9 Å². The van der Waals surface area contributed by atoms with E-state index in [-0.39, 0.29) is 28.9 Å². The summed E-state index contributed by atoms with van der Waals surface area (Å²) in [6.07, 6.45) is 0. The van der Waals surface area contributed by atoms with Crippen LogP contribution in [0.1, 0.15) is 5.56 Å². The first-order valence-corrected chi connectivity index (χ1v) is 5.66. The summed E-state index contributed by atoms with van der Waals surface area (Å²) in [5, 5.41) is 19.6. The predicted octanol–water partition coefficient (Wildman–Crippen LogP) is 1.92. The standard InChI is InChI=1S/C10H12BrFN2O3/c1-13(2-3-15)6-7-4-9(12)8(11)5-10(7)14(16)17/h4-5,15H,2-3,6H2,1H3. The lowest BCUT2D eigenvalue weighted by atomic mass is 10.1. The van der Waals surface area contributed by atoms with Gasteiger partial charge in [-0.1, -0.05) is 0 Å². The molecule has 94 valence electrons. The van der Waals surface area contributed by atoms with Gasteiger partial charge in [0, 0.05) is 24.7 Å². The molecule has 0 fully saturated rings. The third kappa shape index (κ3) is 3.72. The molecule has 0 radical (unpaired) electrons. The SMILES string of the molecule is CN(CCO)Cc1cc(F)c(Br)cc1[N+](=O)[O-]. The second-order valence-corrected chi connectivity index (χ2v) is 4.47. The van der Waals surface area contributed by atoms with Gasteiger partial charge < -0.3 is 5.11 Å². The van der Waals surface area contributed by atoms with Crippen molar-refractivity contribution in [2.24, 2.45) is 0 Å². The Morgan fingerprint density at radius 3 is 2.76 bits per heavy atom. The van der Waals surface area contributed by atoms with Gasteiger partial charge in [-0.3, -0.25) is 15.0 Å². The molecule has 1 aromatic carbocycles. The van der Waals surface area contributed by atoms with E-state index in [9.17, 15) is 14.5 Å². The molecule has 1 rings (SSSR count). The van der Waals surface area contributed by atoms with Crippen molar-refractivity contribution in [1.82, 2.24) is 4.90 Å². The van der Waals surface area contributed by atoms with Gasteiger partial charge in [0.1, 0.15) is 5.82 Å². The molecule has 0 heterocycles. The van der Waals surface area contributed by atoms with Crippen LogP contribution in [0.2, 0.25) is 0 Å². The Bertz CT molecular complexity index is 428. The van der Waals surface area contributed by atoms with Crippen LogP contribution in [0.4, 0.5) is 10.1 Å². The highest BCUT2D eigenvalue weighted by molar-refractivity contribution is 9.10. The average Bonchev–Trinajstić information content (AvgIpc) is 2.23. The van der Waals surface area contributed by atoms with Gasteiger partial charge in [0.2, 0.25) is 0 Å². The molecule has 0 bridgehead atoms. The predicted molar refractivity (Wildman–Crippen MR) is 64.2 cm³/mol. The zero-order valence-electron chi connectivity index (χ0n) is 9.19. The Balaban J connectivity index is 3.04. The lowest BCUT2D eigenvalue weighted by Gasteiger charge is -2.15. The fourth-order valence-electron chi connectivity index (χ4n) is 1.41.